The van der Waals surface area contributed by atoms with Crippen LogP contribution in [0.1, 0.15) is 16.5 Å². The molecule has 0 spiro atoms. The molecule has 0 bridgehead atoms. The van der Waals surface area contributed by atoms with Gasteiger partial charge >= 0.3 is 11.7 Å². The summed E-state index contributed by atoms with van der Waals surface area (Å²) in [5.74, 6) is -1.24. The van der Waals surface area contributed by atoms with Crippen LogP contribution in [-0.2, 0) is 20.9 Å². The molecule has 3 rings (SSSR count). The Morgan fingerprint density at radius 2 is 1.89 bits per heavy atom. The fourth-order valence-electron chi connectivity index (χ4n) is 2.52. The molecule has 1 aromatic carbocycles. The van der Waals surface area contributed by atoms with Crippen molar-refractivity contribution in [3.8, 4) is 0 Å². The normalized spacial score (nSPS) is 11.6. The highest BCUT2D eigenvalue weighted by Gasteiger charge is 2.18. The van der Waals surface area contributed by atoms with Crippen molar-refractivity contribution >= 4 is 23.2 Å². The highest BCUT2D eigenvalue weighted by atomic mass is 32.1. The summed E-state index contributed by atoms with van der Waals surface area (Å²) < 4.78 is 5.93. The third-order valence-electron chi connectivity index (χ3n) is 3.83. The lowest BCUT2D eigenvalue weighted by Crippen LogP contribution is -2.34. The van der Waals surface area contributed by atoms with Crippen LogP contribution in [0.3, 0.4) is 0 Å². The maximum Gasteiger partial charge on any atom is 0.328 e. The standard InChI is InChI=1S/C19H17N3O5S/c23-15-8-9-22(19(26)21-15)11-17(25)27-12-16(24)20-18(14-7-4-10-28-14)13-5-2-1-3-6-13/h1-10,18H,11-12H2,(H,20,24)(H,21,23,26)/t18-/m1/s1. The number of thiophene rings is 1. The summed E-state index contributed by atoms with van der Waals surface area (Å²) in [6.07, 6.45) is 1.19. The molecule has 0 saturated heterocycles. The van der Waals surface area contributed by atoms with Gasteiger partial charge in [-0.05, 0) is 17.0 Å². The monoisotopic (exact) mass is 399 g/mol. The van der Waals surface area contributed by atoms with Crippen LogP contribution in [0.2, 0.25) is 0 Å². The molecule has 3 aromatic rings. The number of nitrogens with one attached hydrogen (secondary N) is 2. The second kappa shape index (κ2) is 8.96. The zero-order valence-corrected chi connectivity index (χ0v) is 15.5. The van der Waals surface area contributed by atoms with Gasteiger partial charge in [-0.15, -0.1) is 11.3 Å². The number of benzene rings is 1. The van der Waals surface area contributed by atoms with Gasteiger partial charge in [-0.1, -0.05) is 36.4 Å². The van der Waals surface area contributed by atoms with Gasteiger partial charge < -0.3 is 10.1 Å². The highest BCUT2D eigenvalue weighted by molar-refractivity contribution is 7.10. The first-order chi connectivity index (χ1) is 13.5. The van der Waals surface area contributed by atoms with Crippen molar-refractivity contribution < 1.29 is 14.3 Å². The van der Waals surface area contributed by atoms with Crippen LogP contribution in [0.5, 0.6) is 0 Å². The predicted molar refractivity (Wildman–Crippen MR) is 103 cm³/mol. The maximum absolute atomic E-state index is 12.3. The van der Waals surface area contributed by atoms with Gasteiger partial charge in [0, 0.05) is 17.1 Å². The molecule has 0 aliphatic carbocycles. The average molecular weight is 399 g/mol. The molecule has 0 radical (unpaired) electrons. The van der Waals surface area contributed by atoms with Crippen molar-refractivity contribution in [2.45, 2.75) is 12.6 Å². The van der Waals surface area contributed by atoms with E-state index in [1.165, 1.54) is 17.5 Å². The molecule has 0 fully saturated rings. The second-order valence-corrected chi connectivity index (χ2v) is 6.80. The number of rotatable bonds is 7. The molecule has 28 heavy (non-hydrogen) atoms. The van der Waals surface area contributed by atoms with Crippen molar-refractivity contribution in [2.24, 2.45) is 0 Å². The minimum absolute atomic E-state index is 0.353. The maximum atomic E-state index is 12.3. The van der Waals surface area contributed by atoms with Crippen LogP contribution in [0.15, 0.2) is 69.7 Å². The van der Waals surface area contributed by atoms with E-state index in [0.717, 1.165) is 21.1 Å². The molecule has 2 N–H and O–H groups in total. The van der Waals surface area contributed by atoms with Crippen LogP contribution >= 0.6 is 11.3 Å². The molecule has 1 atom stereocenters. The summed E-state index contributed by atoms with van der Waals surface area (Å²) in [5.41, 5.74) is -0.380. The Bertz CT molecular complexity index is 1060. The Hall–Kier alpha value is -3.46. The molecule has 9 heteroatoms. The van der Waals surface area contributed by atoms with E-state index in [4.69, 9.17) is 4.74 Å². The lowest BCUT2D eigenvalue weighted by molar-refractivity contribution is -0.149. The number of aromatic amines is 1. The molecule has 2 heterocycles. The SMILES string of the molecule is O=C(COC(=O)Cn1ccc(=O)[nH]c1=O)N[C@H](c1ccccc1)c1cccs1. The van der Waals surface area contributed by atoms with E-state index in [0.29, 0.717) is 0 Å². The fourth-order valence-corrected chi connectivity index (χ4v) is 3.32. The summed E-state index contributed by atoms with van der Waals surface area (Å²) in [4.78, 5) is 49.8. The number of carbonyl (C=O) groups excluding carboxylic acids is 2. The van der Waals surface area contributed by atoms with Crippen LogP contribution in [0.25, 0.3) is 0 Å². The number of hydrogen-bond donors (Lipinski definition) is 2. The molecular formula is C19H17N3O5S. The first kappa shape index (κ1) is 19.3. The molecule has 8 nitrogen and oxygen atoms in total. The minimum Gasteiger partial charge on any atom is -0.454 e. The smallest absolute Gasteiger partial charge is 0.328 e. The Kier molecular flexibility index (Phi) is 6.18. The van der Waals surface area contributed by atoms with Gasteiger partial charge in [-0.2, -0.15) is 0 Å². The van der Waals surface area contributed by atoms with Crippen LogP contribution < -0.4 is 16.6 Å². The average Bonchev–Trinajstić information content (AvgIpc) is 3.22. The summed E-state index contributed by atoms with van der Waals surface area (Å²) in [6.45, 7) is -0.887. The minimum atomic E-state index is -0.767. The number of amides is 1. The van der Waals surface area contributed by atoms with Gasteiger partial charge in [-0.25, -0.2) is 4.79 Å². The van der Waals surface area contributed by atoms with E-state index >= 15 is 0 Å². The summed E-state index contributed by atoms with van der Waals surface area (Å²) in [7, 11) is 0. The topological polar surface area (TPSA) is 110 Å². The zero-order chi connectivity index (χ0) is 19.9. The number of ether oxygens (including phenoxy) is 1. The number of carbonyl (C=O) groups is 2. The number of H-pyrrole nitrogens is 1. The van der Waals surface area contributed by atoms with E-state index in [2.05, 4.69) is 5.32 Å². The molecule has 0 aliphatic rings. The van der Waals surface area contributed by atoms with Crippen molar-refractivity contribution in [3.63, 3.8) is 0 Å². The quantitative estimate of drug-likeness (QED) is 0.577. The van der Waals surface area contributed by atoms with Gasteiger partial charge in [0.1, 0.15) is 6.54 Å². The zero-order valence-electron chi connectivity index (χ0n) is 14.7. The summed E-state index contributed by atoms with van der Waals surface area (Å²) >= 11 is 1.51. The largest absolute Gasteiger partial charge is 0.454 e. The van der Waals surface area contributed by atoms with Gasteiger partial charge in [0.15, 0.2) is 6.61 Å². The molecule has 0 saturated carbocycles. The lowest BCUT2D eigenvalue weighted by atomic mass is 10.1. The van der Waals surface area contributed by atoms with Crippen LogP contribution in [-0.4, -0.2) is 28.0 Å². The molecule has 0 unspecified atom stereocenters. The first-order valence-electron chi connectivity index (χ1n) is 8.36. The van der Waals surface area contributed by atoms with E-state index < -0.39 is 36.3 Å². The number of esters is 1. The third kappa shape index (κ3) is 5.04. The molecule has 144 valence electrons. The highest BCUT2D eigenvalue weighted by Crippen LogP contribution is 2.25. The van der Waals surface area contributed by atoms with Gasteiger partial charge in [-0.3, -0.25) is 23.9 Å². The van der Waals surface area contributed by atoms with E-state index in [1.54, 1.807) is 0 Å². The Morgan fingerprint density at radius 1 is 1.11 bits per heavy atom. The van der Waals surface area contributed by atoms with Crippen molar-refractivity contribution in [1.82, 2.24) is 14.9 Å². The number of nitrogens with zero attached hydrogens (tertiary/aromatic N) is 1. The van der Waals surface area contributed by atoms with E-state index in [9.17, 15) is 19.2 Å². The third-order valence-corrected chi connectivity index (χ3v) is 4.76. The number of aromatic nitrogens is 2. The molecule has 1 amide bonds. The Balaban J connectivity index is 1.60. The van der Waals surface area contributed by atoms with Gasteiger partial charge in [0.2, 0.25) is 0 Å². The van der Waals surface area contributed by atoms with Crippen molar-refractivity contribution in [1.29, 1.82) is 0 Å². The Labute approximate surface area is 163 Å². The Morgan fingerprint density at radius 3 is 2.57 bits per heavy atom. The number of hydrogen-bond acceptors (Lipinski definition) is 6. The summed E-state index contributed by atoms with van der Waals surface area (Å²) in [5, 5.41) is 4.77. The molecule has 2 aromatic heterocycles. The summed E-state index contributed by atoms with van der Waals surface area (Å²) in [6, 6.07) is 14.0. The van der Waals surface area contributed by atoms with E-state index in [-0.39, 0.29) is 6.04 Å². The van der Waals surface area contributed by atoms with Crippen LogP contribution in [0.4, 0.5) is 0 Å². The lowest BCUT2D eigenvalue weighted by Gasteiger charge is -2.18. The molecular weight excluding hydrogens is 382 g/mol. The molecule has 0 aliphatic heterocycles. The predicted octanol–water partition coefficient (Wildman–Crippen LogP) is 1.05. The fraction of sp³-hybridized carbons (Fsp3) is 0.158. The second-order valence-electron chi connectivity index (χ2n) is 5.83. The first-order valence-corrected chi connectivity index (χ1v) is 9.24. The van der Waals surface area contributed by atoms with Crippen molar-refractivity contribution in [3.05, 3.63) is 91.4 Å². The van der Waals surface area contributed by atoms with Crippen molar-refractivity contribution in [2.75, 3.05) is 6.61 Å². The van der Waals surface area contributed by atoms with Crippen LogP contribution in [0, 0.1) is 0 Å². The van der Waals surface area contributed by atoms with E-state index in [1.807, 2.05) is 52.8 Å². The van der Waals surface area contributed by atoms with Gasteiger partial charge in [0.25, 0.3) is 11.5 Å². The van der Waals surface area contributed by atoms with Gasteiger partial charge in [0.05, 0.1) is 6.04 Å².